The molecular weight excluding hydrogens is 408 g/mol. The van der Waals surface area contributed by atoms with Crippen LogP contribution in [0, 0.1) is 5.92 Å². The van der Waals surface area contributed by atoms with Crippen LogP contribution < -0.4 is 4.74 Å². The largest absolute Gasteiger partial charge is 0.493 e. The van der Waals surface area contributed by atoms with E-state index in [0.717, 1.165) is 31.6 Å². The molecular formula is C25H40O5Si. The van der Waals surface area contributed by atoms with Crippen molar-refractivity contribution in [1.29, 1.82) is 0 Å². The summed E-state index contributed by atoms with van der Waals surface area (Å²) in [6.45, 7) is 15.2. The minimum Gasteiger partial charge on any atom is -0.493 e. The van der Waals surface area contributed by atoms with Crippen LogP contribution in [0.15, 0.2) is 30.3 Å². The van der Waals surface area contributed by atoms with Crippen LogP contribution in [0.3, 0.4) is 0 Å². The number of epoxide rings is 2. The van der Waals surface area contributed by atoms with Gasteiger partial charge in [-0.2, -0.15) is 0 Å². The van der Waals surface area contributed by atoms with Gasteiger partial charge in [-0.05, 0) is 50.0 Å². The van der Waals surface area contributed by atoms with E-state index in [2.05, 4.69) is 40.8 Å². The summed E-state index contributed by atoms with van der Waals surface area (Å²) in [5.74, 6) is 1.08. The molecule has 6 atom stereocenters. The van der Waals surface area contributed by atoms with Gasteiger partial charge in [-0.3, -0.25) is 0 Å². The summed E-state index contributed by atoms with van der Waals surface area (Å²) in [4.78, 5) is 0. The molecule has 0 aromatic heterocycles. The first-order chi connectivity index (χ1) is 14.5. The molecule has 1 saturated carbocycles. The summed E-state index contributed by atoms with van der Waals surface area (Å²) in [5, 5.41) is 0.170. The van der Waals surface area contributed by atoms with Crippen LogP contribution in [-0.2, 0) is 18.6 Å². The van der Waals surface area contributed by atoms with Gasteiger partial charge >= 0.3 is 0 Å². The highest BCUT2D eigenvalue weighted by molar-refractivity contribution is 6.74. The first-order valence-electron chi connectivity index (χ1n) is 11.7. The Hall–Kier alpha value is -0.923. The van der Waals surface area contributed by atoms with Crippen molar-refractivity contribution in [2.24, 2.45) is 5.92 Å². The summed E-state index contributed by atoms with van der Waals surface area (Å²) in [5.41, 5.74) is -0.371. The van der Waals surface area contributed by atoms with Gasteiger partial charge in [0.15, 0.2) is 8.32 Å². The van der Waals surface area contributed by atoms with E-state index in [0.29, 0.717) is 6.61 Å². The zero-order valence-electron chi connectivity index (χ0n) is 20.3. The summed E-state index contributed by atoms with van der Waals surface area (Å²) in [6.07, 6.45) is 3.10. The fourth-order valence-electron chi connectivity index (χ4n) is 5.15. The minimum absolute atomic E-state index is 0.0181. The topological polar surface area (TPSA) is 52.8 Å². The van der Waals surface area contributed by atoms with Crippen LogP contribution >= 0.6 is 0 Å². The van der Waals surface area contributed by atoms with Crippen molar-refractivity contribution in [3.63, 3.8) is 0 Å². The van der Waals surface area contributed by atoms with Crippen molar-refractivity contribution in [2.45, 2.75) is 94.6 Å². The molecule has 0 unspecified atom stereocenters. The molecule has 0 N–H and O–H groups in total. The van der Waals surface area contributed by atoms with E-state index in [4.69, 9.17) is 23.4 Å². The number of hydrogen-bond acceptors (Lipinski definition) is 5. The second-order valence-electron chi connectivity index (χ2n) is 11.2. The third-order valence-corrected chi connectivity index (χ3v) is 12.6. The van der Waals surface area contributed by atoms with Crippen LogP contribution in [0.4, 0.5) is 0 Å². The zero-order valence-corrected chi connectivity index (χ0v) is 21.3. The number of hydrogen-bond donors (Lipinski definition) is 0. The van der Waals surface area contributed by atoms with E-state index in [9.17, 15) is 0 Å². The smallest absolute Gasteiger partial charge is 0.192 e. The molecule has 1 aromatic rings. The van der Waals surface area contributed by atoms with E-state index >= 15 is 0 Å². The Labute approximate surface area is 188 Å². The van der Waals surface area contributed by atoms with Crippen molar-refractivity contribution in [3.8, 4) is 5.75 Å². The fraction of sp³-hybridized carbons (Fsp3) is 0.760. The SMILES string of the molecule is CO[C@@H]1[C@H](O[Si](C)(C)C(C)(C)C)CC[C@]2(CO2)[C@H]1[C@@]1(C)O[C@@H]1CCOc1ccccc1. The standard InChI is InChI=1S/C25H40O5Si/c1-23(2,3)31(6,7)30-19-13-15-25(17-28-25)22(21(19)26-5)24(4)20(29-24)14-16-27-18-11-9-8-10-12-18/h8-12,19-22H,13-17H2,1-7H3/t19-,20-,21-,22-,24+,25+/m1/s1. The number of benzene rings is 1. The van der Waals surface area contributed by atoms with Crippen molar-refractivity contribution >= 4 is 8.32 Å². The molecule has 2 saturated heterocycles. The highest BCUT2D eigenvalue weighted by atomic mass is 28.4. The van der Waals surface area contributed by atoms with E-state index in [1.54, 1.807) is 0 Å². The maximum atomic E-state index is 6.87. The highest BCUT2D eigenvalue weighted by Crippen LogP contribution is 2.60. The molecule has 5 nitrogen and oxygen atoms in total. The lowest BCUT2D eigenvalue weighted by molar-refractivity contribution is -0.111. The van der Waals surface area contributed by atoms with Crippen molar-refractivity contribution < 1.29 is 23.4 Å². The normalized spacial score (nSPS) is 37.6. The predicted molar refractivity (Wildman–Crippen MR) is 124 cm³/mol. The molecule has 1 aromatic carbocycles. The van der Waals surface area contributed by atoms with E-state index < -0.39 is 8.32 Å². The lowest BCUT2D eigenvalue weighted by Gasteiger charge is -2.47. The Morgan fingerprint density at radius 3 is 2.42 bits per heavy atom. The summed E-state index contributed by atoms with van der Waals surface area (Å²) < 4.78 is 31.4. The Kier molecular flexibility index (Phi) is 6.10. The zero-order chi connectivity index (χ0) is 22.5. The van der Waals surface area contributed by atoms with Crippen LogP contribution in [0.1, 0.15) is 47.0 Å². The number of para-hydroxylation sites is 1. The third-order valence-electron chi connectivity index (χ3n) is 8.14. The third kappa shape index (κ3) is 4.47. The average molecular weight is 449 g/mol. The summed E-state index contributed by atoms with van der Waals surface area (Å²) in [6, 6.07) is 9.97. The van der Waals surface area contributed by atoms with Gasteiger partial charge in [0.25, 0.3) is 0 Å². The van der Waals surface area contributed by atoms with Gasteiger partial charge in [0.2, 0.25) is 0 Å². The van der Waals surface area contributed by atoms with Crippen LogP contribution in [-0.4, -0.2) is 58.2 Å². The van der Waals surface area contributed by atoms with Gasteiger partial charge in [0, 0.05) is 13.5 Å². The van der Waals surface area contributed by atoms with Crippen LogP contribution in [0.5, 0.6) is 5.75 Å². The molecule has 3 fully saturated rings. The molecule has 0 amide bonds. The molecule has 6 heteroatoms. The maximum absolute atomic E-state index is 6.87. The first kappa shape index (κ1) is 23.2. The summed E-state index contributed by atoms with van der Waals surface area (Å²) in [7, 11) is -0.0819. The number of rotatable bonds is 8. The first-order valence-corrected chi connectivity index (χ1v) is 14.6. The van der Waals surface area contributed by atoms with E-state index in [1.807, 2.05) is 37.4 Å². The van der Waals surface area contributed by atoms with Crippen molar-refractivity contribution in [1.82, 2.24) is 0 Å². The molecule has 1 aliphatic carbocycles. The van der Waals surface area contributed by atoms with Gasteiger partial charge in [-0.15, -0.1) is 0 Å². The Balaban J connectivity index is 1.44. The molecule has 174 valence electrons. The molecule has 2 heterocycles. The van der Waals surface area contributed by atoms with Crippen molar-refractivity contribution in [3.05, 3.63) is 30.3 Å². The van der Waals surface area contributed by atoms with Crippen LogP contribution in [0.2, 0.25) is 18.1 Å². The Bertz CT molecular complexity index is 757. The second kappa shape index (κ2) is 8.14. The number of methoxy groups -OCH3 is 1. The lowest BCUT2D eigenvalue weighted by atomic mass is 9.68. The molecule has 4 rings (SSSR count). The van der Waals surface area contributed by atoms with Gasteiger partial charge in [0.1, 0.15) is 11.4 Å². The van der Waals surface area contributed by atoms with Gasteiger partial charge < -0.3 is 23.4 Å². The molecule has 1 spiro atoms. The molecule has 2 aliphatic heterocycles. The van der Waals surface area contributed by atoms with Crippen molar-refractivity contribution in [2.75, 3.05) is 20.3 Å². The fourth-order valence-corrected chi connectivity index (χ4v) is 6.51. The minimum atomic E-state index is -1.90. The Morgan fingerprint density at radius 2 is 1.84 bits per heavy atom. The molecule has 3 aliphatic rings. The van der Waals surface area contributed by atoms with Gasteiger partial charge in [-0.25, -0.2) is 0 Å². The highest BCUT2D eigenvalue weighted by Gasteiger charge is 2.72. The maximum Gasteiger partial charge on any atom is 0.192 e. The predicted octanol–water partition coefficient (Wildman–Crippen LogP) is 5.20. The molecule has 31 heavy (non-hydrogen) atoms. The molecule has 0 radical (unpaired) electrons. The average Bonchev–Trinajstić information content (AvgIpc) is 3.61. The van der Waals surface area contributed by atoms with Gasteiger partial charge in [0.05, 0.1) is 43.0 Å². The Morgan fingerprint density at radius 1 is 1.16 bits per heavy atom. The van der Waals surface area contributed by atoms with E-state index in [1.165, 1.54) is 0 Å². The quantitative estimate of drug-likeness (QED) is 0.404. The monoisotopic (exact) mass is 448 g/mol. The summed E-state index contributed by atoms with van der Waals surface area (Å²) >= 11 is 0. The second-order valence-corrected chi connectivity index (χ2v) is 16.0. The van der Waals surface area contributed by atoms with Crippen LogP contribution in [0.25, 0.3) is 0 Å². The molecule has 0 bridgehead atoms. The lowest BCUT2D eigenvalue weighted by Crippen LogP contribution is -2.58. The van der Waals surface area contributed by atoms with E-state index in [-0.39, 0.29) is 40.5 Å². The number of ether oxygens (including phenoxy) is 4. The van der Waals surface area contributed by atoms with Gasteiger partial charge in [-0.1, -0.05) is 39.0 Å².